The van der Waals surface area contributed by atoms with Gasteiger partial charge in [-0.25, -0.2) is 0 Å². The van der Waals surface area contributed by atoms with E-state index in [9.17, 15) is 0 Å². The van der Waals surface area contributed by atoms with Crippen LogP contribution >= 0.6 is 11.6 Å². The van der Waals surface area contributed by atoms with Crippen molar-refractivity contribution in [2.75, 3.05) is 0 Å². The molecular weight excluding hydrogens is 256 g/mol. The zero-order chi connectivity index (χ0) is 13.8. The van der Waals surface area contributed by atoms with Gasteiger partial charge in [0.05, 0.1) is 11.5 Å². The highest BCUT2D eigenvalue weighted by Gasteiger charge is 2.11. The van der Waals surface area contributed by atoms with Gasteiger partial charge >= 0.3 is 0 Å². The Labute approximate surface area is 120 Å². The van der Waals surface area contributed by atoms with E-state index in [4.69, 9.17) is 16.3 Å². The van der Waals surface area contributed by atoms with Gasteiger partial charge in [0.2, 0.25) is 0 Å². The Morgan fingerprint density at radius 1 is 0.947 bits per heavy atom. The van der Waals surface area contributed by atoms with Crippen molar-refractivity contribution in [3.05, 3.63) is 65.2 Å². The van der Waals surface area contributed by atoms with Gasteiger partial charge in [0.1, 0.15) is 5.75 Å². The van der Waals surface area contributed by atoms with Crippen LogP contribution in [-0.4, -0.2) is 6.10 Å². The van der Waals surface area contributed by atoms with Gasteiger partial charge in [-0.3, -0.25) is 0 Å². The van der Waals surface area contributed by atoms with Gasteiger partial charge in [0.15, 0.2) is 0 Å². The largest absolute Gasteiger partial charge is 0.491 e. The van der Waals surface area contributed by atoms with Crippen molar-refractivity contribution in [1.82, 2.24) is 0 Å². The number of rotatable bonds is 4. The predicted octanol–water partition coefficient (Wildman–Crippen LogP) is 5.11. The molecule has 2 rings (SSSR count). The molecule has 2 aromatic rings. The summed E-state index contributed by atoms with van der Waals surface area (Å²) in [6.45, 7) is 6.11. The Morgan fingerprint density at radius 3 is 2.26 bits per heavy atom. The van der Waals surface area contributed by atoms with Crippen molar-refractivity contribution in [2.45, 2.75) is 32.3 Å². The first-order valence-electron chi connectivity index (χ1n) is 6.53. The molecule has 0 fully saturated rings. The van der Waals surface area contributed by atoms with Crippen molar-refractivity contribution < 1.29 is 4.74 Å². The second-order valence-electron chi connectivity index (χ2n) is 5.01. The quantitative estimate of drug-likeness (QED) is 0.704. The monoisotopic (exact) mass is 274 g/mol. The minimum absolute atomic E-state index is 0.142. The number of benzene rings is 2. The smallest absolute Gasteiger partial charge is 0.120 e. The molecule has 0 aliphatic heterocycles. The Morgan fingerprint density at radius 2 is 1.63 bits per heavy atom. The zero-order valence-electron chi connectivity index (χ0n) is 11.6. The van der Waals surface area contributed by atoms with Gasteiger partial charge in [-0.1, -0.05) is 42.0 Å². The molecule has 0 aliphatic rings. The minimum atomic E-state index is -0.142. The molecule has 0 saturated heterocycles. The minimum Gasteiger partial charge on any atom is -0.491 e. The van der Waals surface area contributed by atoms with E-state index in [0.717, 1.165) is 16.9 Å². The summed E-state index contributed by atoms with van der Waals surface area (Å²) in [5.41, 5.74) is 3.40. The highest BCUT2D eigenvalue weighted by Crippen LogP contribution is 2.31. The normalized spacial score (nSPS) is 12.5. The molecule has 0 spiro atoms. The van der Waals surface area contributed by atoms with E-state index in [-0.39, 0.29) is 11.5 Å². The Hall–Kier alpha value is -1.47. The van der Waals surface area contributed by atoms with E-state index in [1.54, 1.807) is 0 Å². The molecule has 1 atom stereocenters. The first kappa shape index (κ1) is 14.0. The van der Waals surface area contributed by atoms with Crippen molar-refractivity contribution >= 4 is 11.6 Å². The lowest BCUT2D eigenvalue weighted by Gasteiger charge is -2.14. The summed E-state index contributed by atoms with van der Waals surface area (Å²) in [7, 11) is 0. The van der Waals surface area contributed by atoms with Crippen molar-refractivity contribution in [3.63, 3.8) is 0 Å². The van der Waals surface area contributed by atoms with Crippen molar-refractivity contribution in [2.24, 2.45) is 0 Å². The van der Waals surface area contributed by atoms with E-state index in [1.165, 1.54) is 5.56 Å². The molecule has 0 heterocycles. The molecule has 0 N–H and O–H groups in total. The molecule has 100 valence electrons. The maximum absolute atomic E-state index is 6.54. The van der Waals surface area contributed by atoms with Gasteiger partial charge in [0.25, 0.3) is 0 Å². The van der Waals surface area contributed by atoms with E-state index in [0.29, 0.717) is 0 Å². The van der Waals surface area contributed by atoms with Crippen LogP contribution in [0.15, 0.2) is 48.5 Å². The lowest BCUT2D eigenvalue weighted by atomic mass is 10.0. The van der Waals surface area contributed by atoms with Crippen molar-refractivity contribution in [3.8, 4) is 5.75 Å². The van der Waals surface area contributed by atoms with Gasteiger partial charge in [-0.15, -0.1) is 11.6 Å². The lowest BCUT2D eigenvalue weighted by molar-refractivity contribution is 0.242. The van der Waals surface area contributed by atoms with Crippen LogP contribution < -0.4 is 4.74 Å². The Balaban J connectivity index is 2.23. The van der Waals surface area contributed by atoms with Crippen LogP contribution in [0.25, 0.3) is 0 Å². The fourth-order valence-corrected chi connectivity index (χ4v) is 2.23. The van der Waals surface area contributed by atoms with E-state index >= 15 is 0 Å². The second kappa shape index (κ2) is 6.12. The zero-order valence-corrected chi connectivity index (χ0v) is 12.3. The van der Waals surface area contributed by atoms with Gasteiger partial charge in [-0.05, 0) is 44.0 Å². The Kier molecular flexibility index (Phi) is 4.49. The maximum atomic E-state index is 6.54. The first-order chi connectivity index (χ1) is 9.06. The summed E-state index contributed by atoms with van der Waals surface area (Å²) in [6, 6.07) is 16.3. The molecule has 0 aromatic heterocycles. The topological polar surface area (TPSA) is 9.23 Å². The molecule has 0 radical (unpaired) electrons. The average molecular weight is 275 g/mol. The highest BCUT2D eigenvalue weighted by molar-refractivity contribution is 6.22. The summed E-state index contributed by atoms with van der Waals surface area (Å²) >= 11 is 6.54. The predicted molar refractivity (Wildman–Crippen MR) is 81.1 cm³/mol. The van der Waals surface area contributed by atoms with E-state index < -0.39 is 0 Å². The fourth-order valence-electron chi connectivity index (χ4n) is 1.95. The standard InChI is InChI=1S/C17H19ClO/c1-12(2)19-16-6-4-5-15(11-16)17(18)14-9-7-13(3)8-10-14/h4-12,17H,1-3H3. The fraction of sp³-hybridized carbons (Fsp3) is 0.294. The van der Waals surface area contributed by atoms with Crippen molar-refractivity contribution in [1.29, 1.82) is 0 Å². The second-order valence-corrected chi connectivity index (χ2v) is 5.45. The average Bonchev–Trinajstić information content (AvgIpc) is 2.38. The third-order valence-corrected chi connectivity index (χ3v) is 3.40. The molecule has 19 heavy (non-hydrogen) atoms. The third kappa shape index (κ3) is 3.74. The van der Waals surface area contributed by atoms with Crippen LogP contribution in [0.1, 0.15) is 35.9 Å². The van der Waals surface area contributed by atoms with Gasteiger partial charge in [0, 0.05) is 0 Å². The van der Waals surface area contributed by atoms with Crippen LogP contribution in [-0.2, 0) is 0 Å². The number of alkyl halides is 1. The summed E-state index contributed by atoms with van der Waals surface area (Å²) in [5, 5.41) is -0.142. The number of hydrogen-bond acceptors (Lipinski definition) is 1. The number of halogens is 1. The molecule has 0 aliphatic carbocycles. The maximum Gasteiger partial charge on any atom is 0.120 e. The third-order valence-electron chi connectivity index (χ3n) is 2.89. The van der Waals surface area contributed by atoms with Crippen LogP contribution in [0, 0.1) is 6.92 Å². The molecule has 1 unspecified atom stereocenters. The SMILES string of the molecule is Cc1ccc(C(Cl)c2cccc(OC(C)C)c2)cc1. The first-order valence-corrected chi connectivity index (χ1v) is 6.97. The van der Waals surface area contributed by atoms with E-state index in [1.807, 2.05) is 38.1 Å². The number of hydrogen-bond donors (Lipinski definition) is 0. The molecule has 0 amide bonds. The molecular formula is C17H19ClO. The molecule has 2 heteroatoms. The van der Waals surface area contributed by atoms with Gasteiger partial charge in [-0.2, -0.15) is 0 Å². The summed E-state index contributed by atoms with van der Waals surface area (Å²) in [6.07, 6.45) is 0.170. The molecule has 2 aromatic carbocycles. The van der Waals surface area contributed by atoms with Crippen LogP contribution in [0.4, 0.5) is 0 Å². The van der Waals surface area contributed by atoms with Crippen LogP contribution in [0.2, 0.25) is 0 Å². The Bertz CT molecular complexity index is 531. The summed E-state index contributed by atoms with van der Waals surface area (Å²) < 4.78 is 5.70. The number of aryl methyl sites for hydroxylation is 1. The summed E-state index contributed by atoms with van der Waals surface area (Å²) in [4.78, 5) is 0. The lowest BCUT2D eigenvalue weighted by Crippen LogP contribution is -2.05. The number of ether oxygens (including phenoxy) is 1. The van der Waals surface area contributed by atoms with E-state index in [2.05, 4.69) is 31.2 Å². The van der Waals surface area contributed by atoms with Gasteiger partial charge < -0.3 is 4.74 Å². The van der Waals surface area contributed by atoms with Crippen LogP contribution in [0.3, 0.4) is 0 Å². The summed E-state index contributed by atoms with van der Waals surface area (Å²) in [5.74, 6) is 0.866. The van der Waals surface area contributed by atoms with Crippen LogP contribution in [0.5, 0.6) is 5.75 Å². The molecule has 0 saturated carbocycles. The molecule has 0 bridgehead atoms. The molecule has 1 nitrogen and oxygen atoms in total. The highest BCUT2D eigenvalue weighted by atomic mass is 35.5.